The largest absolute Gasteiger partial charge is 0.386 e. The Morgan fingerprint density at radius 2 is 2.06 bits per heavy atom. The van der Waals surface area contributed by atoms with Crippen molar-refractivity contribution in [2.45, 2.75) is 19.1 Å². The Labute approximate surface area is 99.5 Å². The van der Waals surface area contributed by atoms with E-state index in [2.05, 4.69) is 4.99 Å². The molecule has 0 spiro atoms. The fraction of sp³-hybridized carbons (Fsp3) is 0.333. The number of aliphatic imine (C=N–C) groups is 1. The van der Waals surface area contributed by atoms with Gasteiger partial charge in [-0.25, -0.2) is 0 Å². The number of amidine groups is 1. The Bertz CT molecular complexity index is 453. The van der Waals surface area contributed by atoms with E-state index in [-0.39, 0.29) is 6.61 Å². The monoisotopic (exact) mass is 233 g/mol. The molecular weight excluding hydrogens is 218 g/mol. The number of nitrogens with two attached hydrogens (primary N) is 2. The number of carbonyl (C=O) groups is 1. The number of aryl methyl sites for hydroxylation is 1. The number of hydrogen-bond acceptors (Lipinski definition) is 4. The van der Waals surface area contributed by atoms with Crippen LogP contribution in [0.5, 0.6) is 0 Å². The molecule has 0 radical (unpaired) electrons. The van der Waals surface area contributed by atoms with Crippen LogP contribution in [0.25, 0.3) is 0 Å². The Hall–Kier alpha value is -1.88. The van der Waals surface area contributed by atoms with Gasteiger partial charge in [0.25, 0.3) is 0 Å². The van der Waals surface area contributed by atoms with Gasteiger partial charge in [0.05, 0.1) is 0 Å². The minimum absolute atomic E-state index is 0.149. The predicted octanol–water partition coefficient (Wildman–Crippen LogP) is 0.277. The number of rotatable bonds is 2. The molecule has 2 rings (SSSR count). The Kier molecular flexibility index (Phi) is 3.10. The second-order valence-electron chi connectivity index (χ2n) is 4.11. The van der Waals surface area contributed by atoms with E-state index >= 15 is 0 Å². The number of primary amides is 1. The highest BCUT2D eigenvalue weighted by Gasteiger charge is 2.31. The van der Waals surface area contributed by atoms with Gasteiger partial charge in [-0.1, -0.05) is 29.8 Å². The Balaban J connectivity index is 2.35. The fourth-order valence-corrected chi connectivity index (χ4v) is 1.80. The summed E-state index contributed by atoms with van der Waals surface area (Å²) < 4.78 is 5.32. The highest BCUT2D eigenvalue weighted by atomic mass is 16.5. The second-order valence-corrected chi connectivity index (χ2v) is 4.11. The number of hydrogen-bond donors (Lipinski definition) is 2. The number of benzene rings is 1. The molecular formula is C12H15N3O2. The summed E-state index contributed by atoms with van der Waals surface area (Å²) in [5.41, 5.74) is 12.9. The standard InChI is InChI=1S/C12H15N3O2/c1-7-2-4-8(5-3-7)10-11(12(14)16)17-6-9(13)15-10/h2-5,10-11H,6H2,1H3,(H2,13,15)(H2,14,16)/t10-,11+/m1/s1. The molecule has 17 heavy (non-hydrogen) atoms. The fourth-order valence-electron chi connectivity index (χ4n) is 1.80. The minimum Gasteiger partial charge on any atom is -0.386 e. The minimum atomic E-state index is -0.745. The van der Waals surface area contributed by atoms with Crippen molar-refractivity contribution in [3.05, 3.63) is 35.4 Å². The highest BCUT2D eigenvalue weighted by molar-refractivity contribution is 5.86. The molecule has 0 aliphatic carbocycles. The van der Waals surface area contributed by atoms with Crippen LogP contribution in [0.2, 0.25) is 0 Å². The third-order valence-corrected chi connectivity index (χ3v) is 2.70. The molecule has 1 amide bonds. The summed E-state index contributed by atoms with van der Waals surface area (Å²) >= 11 is 0. The van der Waals surface area contributed by atoms with Gasteiger partial charge < -0.3 is 16.2 Å². The average Bonchev–Trinajstić information content (AvgIpc) is 2.29. The van der Waals surface area contributed by atoms with Crippen molar-refractivity contribution < 1.29 is 9.53 Å². The van der Waals surface area contributed by atoms with E-state index in [1.54, 1.807) is 0 Å². The lowest BCUT2D eigenvalue weighted by molar-refractivity contribution is -0.130. The highest BCUT2D eigenvalue weighted by Crippen LogP contribution is 2.26. The zero-order valence-electron chi connectivity index (χ0n) is 9.59. The predicted molar refractivity (Wildman–Crippen MR) is 64.5 cm³/mol. The van der Waals surface area contributed by atoms with Gasteiger partial charge in [-0.05, 0) is 12.5 Å². The molecule has 5 heteroatoms. The average molecular weight is 233 g/mol. The maximum atomic E-state index is 11.3. The van der Waals surface area contributed by atoms with E-state index in [1.807, 2.05) is 31.2 Å². The molecule has 5 nitrogen and oxygen atoms in total. The number of nitrogens with zero attached hydrogens (tertiary/aromatic N) is 1. The lowest BCUT2D eigenvalue weighted by atomic mass is 9.99. The molecule has 0 saturated carbocycles. The molecule has 1 heterocycles. The molecule has 0 saturated heterocycles. The van der Waals surface area contributed by atoms with Crippen molar-refractivity contribution in [2.75, 3.05) is 6.61 Å². The number of amides is 1. The van der Waals surface area contributed by atoms with Crippen molar-refractivity contribution >= 4 is 11.7 Å². The first kappa shape index (κ1) is 11.6. The summed E-state index contributed by atoms with van der Waals surface area (Å²) in [5, 5.41) is 0. The van der Waals surface area contributed by atoms with Gasteiger partial charge >= 0.3 is 0 Å². The summed E-state index contributed by atoms with van der Waals surface area (Å²) in [6.07, 6.45) is -0.745. The third-order valence-electron chi connectivity index (χ3n) is 2.70. The Morgan fingerprint density at radius 3 is 2.65 bits per heavy atom. The summed E-state index contributed by atoms with van der Waals surface area (Å²) in [7, 11) is 0. The van der Waals surface area contributed by atoms with Crippen LogP contribution in [-0.4, -0.2) is 24.5 Å². The van der Waals surface area contributed by atoms with Gasteiger partial charge in [-0.3, -0.25) is 9.79 Å². The molecule has 4 N–H and O–H groups in total. The van der Waals surface area contributed by atoms with Gasteiger partial charge in [0.2, 0.25) is 5.91 Å². The summed E-state index contributed by atoms with van der Waals surface area (Å²) in [5.74, 6) is -0.139. The first-order chi connectivity index (χ1) is 8.08. The topological polar surface area (TPSA) is 90.7 Å². The summed E-state index contributed by atoms with van der Waals surface area (Å²) in [6.45, 7) is 2.14. The van der Waals surface area contributed by atoms with Crippen molar-refractivity contribution in [3.63, 3.8) is 0 Å². The lowest BCUT2D eigenvalue weighted by Crippen LogP contribution is -2.42. The molecule has 1 aliphatic heterocycles. The van der Waals surface area contributed by atoms with Gasteiger partial charge in [0, 0.05) is 0 Å². The van der Waals surface area contributed by atoms with Crippen molar-refractivity contribution in [1.29, 1.82) is 0 Å². The first-order valence-corrected chi connectivity index (χ1v) is 5.37. The molecule has 0 bridgehead atoms. The Morgan fingerprint density at radius 1 is 1.41 bits per heavy atom. The van der Waals surface area contributed by atoms with Gasteiger partial charge in [-0.2, -0.15) is 0 Å². The van der Waals surface area contributed by atoms with Gasteiger partial charge in [-0.15, -0.1) is 0 Å². The van der Waals surface area contributed by atoms with Crippen LogP contribution in [0, 0.1) is 6.92 Å². The van der Waals surface area contributed by atoms with E-state index in [1.165, 1.54) is 0 Å². The number of carbonyl (C=O) groups excluding carboxylic acids is 1. The van der Waals surface area contributed by atoms with E-state index in [0.717, 1.165) is 11.1 Å². The van der Waals surface area contributed by atoms with Crippen LogP contribution in [0.3, 0.4) is 0 Å². The van der Waals surface area contributed by atoms with E-state index in [4.69, 9.17) is 16.2 Å². The summed E-state index contributed by atoms with van der Waals surface area (Å²) in [4.78, 5) is 15.6. The van der Waals surface area contributed by atoms with Crippen LogP contribution < -0.4 is 11.5 Å². The van der Waals surface area contributed by atoms with E-state index in [9.17, 15) is 4.79 Å². The van der Waals surface area contributed by atoms with Crippen molar-refractivity contribution in [3.8, 4) is 0 Å². The van der Waals surface area contributed by atoms with Crippen LogP contribution >= 0.6 is 0 Å². The number of ether oxygens (including phenoxy) is 1. The SMILES string of the molecule is Cc1ccc([C@H]2N=C(N)CO[C@@H]2C(N)=O)cc1. The maximum Gasteiger partial charge on any atom is 0.249 e. The van der Waals surface area contributed by atoms with Gasteiger partial charge in [0.15, 0.2) is 6.10 Å². The maximum absolute atomic E-state index is 11.3. The van der Waals surface area contributed by atoms with E-state index < -0.39 is 18.1 Å². The molecule has 1 aromatic rings. The quantitative estimate of drug-likeness (QED) is 0.768. The molecule has 90 valence electrons. The third kappa shape index (κ3) is 2.45. The molecule has 0 fully saturated rings. The van der Waals surface area contributed by atoms with Crippen molar-refractivity contribution in [1.82, 2.24) is 0 Å². The zero-order chi connectivity index (χ0) is 12.4. The molecule has 0 aromatic heterocycles. The first-order valence-electron chi connectivity index (χ1n) is 5.37. The molecule has 1 aromatic carbocycles. The molecule has 1 aliphatic rings. The zero-order valence-corrected chi connectivity index (χ0v) is 9.59. The smallest absolute Gasteiger partial charge is 0.249 e. The van der Waals surface area contributed by atoms with Crippen molar-refractivity contribution in [2.24, 2.45) is 16.5 Å². The van der Waals surface area contributed by atoms with Gasteiger partial charge in [0.1, 0.15) is 18.5 Å². The normalized spacial score (nSPS) is 24.2. The summed E-state index contributed by atoms with van der Waals surface area (Å²) in [6, 6.07) is 7.27. The van der Waals surface area contributed by atoms with Crippen LogP contribution in [0.15, 0.2) is 29.3 Å². The molecule has 2 atom stereocenters. The van der Waals surface area contributed by atoms with Crippen LogP contribution in [-0.2, 0) is 9.53 Å². The lowest BCUT2D eigenvalue weighted by Gasteiger charge is -2.26. The van der Waals surface area contributed by atoms with E-state index in [0.29, 0.717) is 5.84 Å². The van der Waals surface area contributed by atoms with Crippen LogP contribution in [0.1, 0.15) is 17.2 Å². The molecule has 0 unspecified atom stereocenters. The van der Waals surface area contributed by atoms with Crippen LogP contribution in [0.4, 0.5) is 0 Å². The second kappa shape index (κ2) is 4.55.